The fourth-order valence-electron chi connectivity index (χ4n) is 0.913. The summed E-state index contributed by atoms with van der Waals surface area (Å²) in [6, 6.07) is 4.92. The highest BCUT2D eigenvalue weighted by Crippen LogP contribution is 2.17. The van der Waals surface area contributed by atoms with Gasteiger partial charge in [0.05, 0.1) is 0 Å². The number of hydrogen-bond donors (Lipinski definition) is 0. The lowest BCUT2D eigenvalue weighted by molar-refractivity contribution is 0.464. The lowest BCUT2D eigenvalue weighted by Gasteiger charge is -2.13. The normalized spacial score (nSPS) is 11.7. The Hall–Kier alpha value is -0.995. The van der Waals surface area contributed by atoms with Crippen molar-refractivity contribution < 1.29 is 17.3 Å². The molecule has 0 aliphatic rings. The first-order chi connectivity index (χ1) is 5.49. The van der Waals surface area contributed by atoms with E-state index in [-0.39, 0.29) is 5.56 Å². The van der Waals surface area contributed by atoms with E-state index in [1.807, 2.05) is 0 Å². The maximum Gasteiger partial charge on any atom is 0.482 e. The van der Waals surface area contributed by atoms with Crippen molar-refractivity contribution in [3.05, 3.63) is 35.6 Å². The molecular weight excluding hydrogens is 171 g/mol. The Morgan fingerprint density at radius 3 is 2.17 bits per heavy atom. The molecule has 1 aromatic carbocycles. The summed E-state index contributed by atoms with van der Waals surface area (Å²) in [7, 11) is 0. The van der Waals surface area contributed by atoms with Gasteiger partial charge in [0.2, 0.25) is 0 Å². The molecule has 0 heterocycles. The summed E-state index contributed by atoms with van der Waals surface area (Å²) in [4.78, 5) is 0. The average Bonchev–Trinajstić information content (AvgIpc) is 1.91. The minimum atomic E-state index is -4.94. The molecule has 0 aliphatic heterocycles. The van der Waals surface area contributed by atoms with Gasteiger partial charge in [0, 0.05) is 0 Å². The quantitative estimate of drug-likeness (QED) is 0.481. The van der Waals surface area contributed by atoms with Crippen molar-refractivity contribution in [2.24, 2.45) is 0 Å². The van der Waals surface area contributed by atoms with E-state index in [2.05, 4.69) is 0 Å². The van der Waals surface area contributed by atoms with Gasteiger partial charge in [0.15, 0.2) is 0 Å². The van der Waals surface area contributed by atoms with Crippen LogP contribution in [-0.4, -0.2) is 6.98 Å². The molecule has 5 heteroatoms. The van der Waals surface area contributed by atoms with E-state index >= 15 is 0 Å². The van der Waals surface area contributed by atoms with E-state index in [0.29, 0.717) is 0 Å². The summed E-state index contributed by atoms with van der Waals surface area (Å²) in [5, 5.41) is 0. The third kappa shape index (κ3) is 2.56. The second-order valence-electron chi connectivity index (χ2n) is 2.51. The molecule has 0 radical (unpaired) electrons. The minimum Gasteiger partial charge on any atom is -0.449 e. The van der Waals surface area contributed by atoms with E-state index in [9.17, 15) is 17.3 Å². The molecule has 1 aromatic rings. The van der Waals surface area contributed by atoms with E-state index in [0.717, 1.165) is 12.1 Å². The summed E-state index contributed by atoms with van der Waals surface area (Å²) in [5.74, 6) is -0.795. The van der Waals surface area contributed by atoms with Gasteiger partial charge < -0.3 is 12.9 Å². The topological polar surface area (TPSA) is 0 Å². The number of benzene rings is 1. The predicted octanol–water partition coefficient (Wildman–Crippen LogP) is 2.75. The molecule has 66 valence electrons. The molecule has 1 rings (SSSR count). The first-order valence-corrected chi connectivity index (χ1v) is 3.43. The second-order valence-corrected chi connectivity index (χ2v) is 2.51. The Bertz CT molecular complexity index is 268. The Morgan fingerprint density at radius 2 is 1.67 bits per heavy atom. The van der Waals surface area contributed by atoms with Crippen LogP contribution in [0.2, 0.25) is 0 Å². The monoisotopic (exact) mass is 177 g/mol. The molecule has 0 spiro atoms. The first kappa shape index (κ1) is 9.10. The van der Waals surface area contributed by atoms with Crippen LogP contribution in [-0.2, 0) is 6.32 Å². The van der Waals surface area contributed by atoms with Crippen molar-refractivity contribution in [1.82, 2.24) is 0 Å². The molecule has 0 nitrogen and oxygen atoms in total. The number of hydrogen-bond acceptors (Lipinski definition) is 0. The summed E-state index contributed by atoms with van der Waals surface area (Å²) in [6.07, 6.45) is -1.15. The number of rotatable bonds is 2. The summed E-state index contributed by atoms with van der Waals surface area (Å²) in [6.45, 7) is -4.94. The molecule has 0 atom stereocenters. The van der Waals surface area contributed by atoms with Crippen LogP contribution in [0.4, 0.5) is 17.3 Å². The van der Waals surface area contributed by atoms with E-state index < -0.39 is 19.1 Å². The number of halogens is 4. The SMILES string of the molecule is Fc1ccccc1C[B-](F)(F)F. The first-order valence-electron chi connectivity index (χ1n) is 3.43. The molecule has 0 bridgehead atoms. The zero-order chi connectivity index (χ0) is 9.19. The van der Waals surface area contributed by atoms with Crippen molar-refractivity contribution in [3.8, 4) is 0 Å². The van der Waals surface area contributed by atoms with Gasteiger partial charge in [-0.15, -0.1) is 0 Å². The molecule has 0 N–H and O–H groups in total. The molecule has 0 unspecified atom stereocenters. The highest BCUT2D eigenvalue weighted by molar-refractivity contribution is 6.57. The van der Waals surface area contributed by atoms with Crippen LogP contribution in [0.5, 0.6) is 0 Å². The maximum atomic E-state index is 12.6. The fraction of sp³-hybridized carbons (Fsp3) is 0.143. The lowest BCUT2D eigenvalue weighted by atomic mass is 9.82. The molecular formula is C7H6BF4-. The maximum absolute atomic E-state index is 12.6. The van der Waals surface area contributed by atoms with E-state index in [1.54, 1.807) is 0 Å². The van der Waals surface area contributed by atoms with Crippen molar-refractivity contribution in [1.29, 1.82) is 0 Å². The zero-order valence-electron chi connectivity index (χ0n) is 6.11. The Morgan fingerprint density at radius 1 is 1.08 bits per heavy atom. The second kappa shape index (κ2) is 3.17. The smallest absolute Gasteiger partial charge is 0.449 e. The minimum absolute atomic E-state index is 0.287. The zero-order valence-corrected chi connectivity index (χ0v) is 6.11. The average molecular weight is 177 g/mol. The van der Waals surface area contributed by atoms with E-state index in [4.69, 9.17) is 0 Å². The molecule has 0 amide bonds. The van der Waals surface area contributed by atoms with Gasteiger partial charge in [-0.1, -0.05) is 24.5 Å². The molecule has 12 heavy (non-hydrogen) atoms. The fourth-order valence-corrected chi connectivity index (χ4v) is 0.913. The molecule has 0 aromatic heterocycles. The van der Waals surface area contributed by atoms with Gasteiger partial charge in [0.25, 0.3) is 0 Å². The molecule has 0 saturated heterocycles. The van der Waals surface area contributed by atoms with Gasteiger partial charge in [-0.05, 0) is 11.6 Å². The van der Waals surface area contributed by atoms with Crippen LogP contribution in [0, 0.1) is 5.82 Å². The van der Waals surface area contributed by atoms with Crippen LogP contribution >= 0.6 is 0 Å². The van der Waals surface area contributed by atoms with Crippen LogP contribution < -0.4 is 0 Å². The van der Waals surface area contributed by atoms with Gasteiger partial charge in [-0.25, -0.2) is 4.39 Å². The third-order valence-electron chi connectivity index (χ3n) is 1.41. The Balaban J connectivity index is 2.83. The highest BCUT2D eigenvalue weighted by Gasteiger charge is 2.24. The predicted molar refractivity (Wildman–Crippen MR) is 39.2 cm³/mol. The molecule has 0 fully saturated rings. The molecule has 0 aliphatic carbocycles. The largest absolute Gasteiger partial charge is 0.482 e. The van der Waals surface area contributed by atoms with Gasteiger partial charge in [0.1, 0.15) is 5.82 Å². The Labute approximate surface area is 67.3 Å². The van der Waals surface area contributed by atoms with Gasteiger partial charge in [-0.3, -0.25) is 0 Å². The molecule has 0 saturated carbocycles. The van der Waals surface area contributed by atoms with Crippen LogP contribution in [0.1, 0.15) is 5.56 Å². The highest BCUT2D eigenvalue weighted by atomic mass is 19.4. The summed E-state index contributed by atoms with van der Waals surface area (Å²) < 4.78 is 48.1. The van der Waals surface area contributed by atoms with Crippen molar-refractivity contribution in [2.75, 3.05) is 0 Å². The van der Waals surface area contributed by atoms with E-state index in [1.165, 1.54) is 12.1 Å². The summed E-state index contributed by atoms with van der Waals surface area (Å²) in [5.41, 5.74) is -0.287. The van der Waals surface area contributed by atoms with Gasteiger partial charge >= 0.3 is 6.98 Å². The van der Waals surface area contributed by atoms with Crippen LogP contribution in [0.15, 0.2) is 24.3 Å². The van der Waals surface area contributed by atoms with Crippen molar-refractivity contribution in [3.63, 3.8) is 0 Å². The van der Waals surface area contributed by atoms with Crippen LogP contribution in [0.3, 0.4) is 0 Å². The standard InChI is InChI=1S/C7H6BF4/c9-7-4-2-1-3-6(7)5-8(10,11)12/h1-4H,5H2/q-1. The van der Waals surface area contributed by atoms with Crippen molar-refractivity contribution >= 4 is 6.98 Å². The van der Waals surface area contributed by atoms with Gasteiger partial charge in [-0.2, -0.15) is 0 Å². The summed E-state index contributed by atoms with van der Waals surface area (Å²) >= 11 is 0. The lowest BCUT2D eigenvalue weighted by Crippen LogP contribution is -2.20. The van der Waals surface area contributed by atoms with Crippen LogP contribution in [0.25, 0.3) is 0 Å². The Kier molecular flexibility index (Phi) is 2.40. The van der Waals surface area contributed by atoms with Crippen molar-refractivity contribution in [2.45, 2.75) is 6.32 Å². The third-order valence-corrected chi connectivity index (χ3v) is 1.41.